The SMILES string of the molecule is Oc1cccc(C2CCNCC2F)c1. The fraction of sp³-hybridized carbons (Fsp3) is 0.455. The van der Waals surface area contributed by atoms with E-state index in [1.54, 1.807) is 18.2 Å². The minimum atomic E-state index is -0.842. The summed E-state index contributed by atoms with van der Waals surface area (Å²) < 4.78 is 13.5. The summed E-state index contributed by atoms with van der Waals surface area (Å²) >= 11 is 0. The highest BCUT2D eigenvalue weighted by Crippen LogP contribution is 2.29. The molecular formula is C11H14FNO. The Labute approximate surface area is 82.8 Å². The smallest absolute Gasteiger partial charge is 0.119 e. The van der Waals surface area contributed by atoms with Crippen molar-refractivity contribution in [2.24, 2.45) is 0 Å². The van der Waals surface area contributed by atoms with Gasteiger partial charge in [-0.1, -0.05) is 12.1 Å². The van der Waals surface area contributed by atoms with Gasteiger partial charge in [-0.15, -0.1) is 0 Å². The molecular weight excluding hydrogens is 181 g/mol. The van der Waals surface area contributed by atoms with Crippen LogP contribution in [0.1, 0.15) is 17.9 Å². The van der Waals surface area contributed by atoms with E-state index in [2.05, 4.69) is 5.32 Å². The standard InChI is InChI=1S/C11H14FNO/c12-11-7-13-5-4-10(11)8-2-1-3-9(14)6-8/h1-3,6,10-11,13-14H,4-5,7H2. The second-order valence-corrected chi connectivity index (χ2v) is 3.71. The van der Waals surface area contributed by atoms with Gasteiger partial charge in [0.2, 0.25) is 0 Å². The number of hydrogen-bond acceptors (Lipinski definition) is 2. The third-order valence-electron chi connectivity index (χ3n) is 2.71. The van der Waals surface area contributed by atoms with Crippen molar-refractivity contribution in [1.29, 1.82) is 0 Å². The van der Waals surface area contributed by atoms with Crippen LogP contribution in [0, 0.1) is 0 Å². The maximum Gasteiger partial charge on any atom is 0.119 e. The molecule has 1 aromatic rings. The molecule has 76 valence electrons. The fourth-order valence-corrected chi connectivity index (χ4v) is 1.95. The summed E-state index contributed by atoms with van der Waals surface area (Å²) in [6.45, 7) is 1.26. The van der Waals surface area contributed by atoms with Crippen molar-refractivity contribution in [2.45, 2.75) is 18.5 Å². The van der Waals surface area contributed by atoms with E-state index in [9.17, 15) is 9.50 Å². The van der Waals surface area contributed by atoms with Gasteiger partial charge in [0.25, 0.3) is 0 Å². The van der Waals surface area contributed by atoms with Crippen molar-refractivity contribution in [3.05, 3.63) is 29.8 Å². The molecule has 3 heteroatoms. The van der Waals surface area contributed by atoms with Crippen molar-refractivity contribution in [1.82, 2.24) is 5.32 Å². The largest absolute Gasteiger partial charge is 0.508 e. The third-order valence-corrected chi connectivity index (χ3v) is 2.71. The van der Waals surface area contributed by atoms with Crippen LogP contribution in [0.4, 0.5) is 4.39 Å². The highest BCUT2D eigenvalue weighted by Gasteiger charge is 2.25. The molecule has 0 aliphatic carbocycles. The second-order valence-electron chi connectivity index (χ2n) is 3.71. The van der Waals surface area contributed by atoms with Gasteiger partial charge in [0.1, 0.15) is 11.9 Å². The molecule has 0 amide bonds. The molecule has 2 atom stereocenters. The zero-order chi connectivity index (χ0) is 9.97. The second kappa shape index (κ2) is 3.96. The molecule has 0 aromatic heterocycles. The molecule has 0 saturated carbocycles. The lowest BCUT2D eigenvalue weighted by Gasteiger charge is -2.26. The van der Waals surface area contributed by atoms with E-state index in [1.165, 1.54) is 0 Å². The molecule has 0 bridgehead atoms. The molecule has 1 fully saturated rings. The normalized spacial score (nSPS) is 27.5. The molecule has 1 aliphatic rings. The lowest BCUT2D eigenvalue weighted by atomic mass is 9.89. The number of aromatic hydroxyl groups is 1. The van der Waals surface area contributed by atoms with Gasteiger partial charge in [-0.05, 0) is 30.7 Å². The van der Waals surface area contributed by atoms with Crippen molar-refractivity contribution >= 4 is 0 Å². The summed E-state index contributed by atoms with van der Waals surface area (Å²) in [5, 5.41) is 12.3. The predicted molar refractivity (Wildman–Crippen MR) is 53.2 cm³/mol. The average molecular weight is 195 g/mol. The molecule has 0 radical (unpaired) electrons. The van der Waals surface area contributed by atoms with Gasteiger partial charge in [0.15, 0.2) is 0 Å². The maximum absolute atomic E-state index is 13.5. The number of piperidine rings is 1. The Hall–Kier alpha value is -1.09. The van der Waals surface area contributed by atoms with Gasteiger partial charge in [-0.3, -0.25) is 0 Å². The van der Waals surface area contributed by atoms with Gasteiger partial charge >= 0.3 is 0 Å². The van der Waals surface area contributed by atoms with E-state index in [4.69, 9.17) is 0 Å². The van der Waals surface area contributed by atoms with E-state index in [0.29, 0.717) is 6.54 Å². The van der Waals surface area contributed by atoms with Crippen LogP contribution in [0.2, 0.25) is 0 Å². The Balaban J connectivity index is 2.20. The third kappa shape index (κ3) is 1.87. The highest BCUT2D eigenvalue weighted by atomic mass is 19.1. The molecule has 0 spiro atoms. The summed E-state index contributed by atoms with van der Waals surface area (Å²) in [6, 6.07) is 6.90. The van der Waals surface area contributed by atoms with Crippen LogP contribution in [0.15, 0.2) is 24.3 Å². The summed E-state index contributed by atoms with van der Waals surface area (Å²) in [6.07, 6.45) is -0.0458. The number of benzene rings is 1. The molecule has 2 rings (SSSR count). The lowest BCUT2D eigenvalue weighted by Crippen LogP contribution is -2.36. The van der Waals surface area contributed by atoms with Crippen molar-refractivity contribution in [2.75, 3.05) is 13.1 Å². The van der Waals surface area contributed by atoms with Crippen LogP contribution in [0.3, 0.4) is 0 Å². The van der Waals surface area contributed by atoms with Gasteiger partial charge in [-0.25, -0.2) is 4.39 Å². The van der Waals surface area contributed by atoms with E-state index in [1.807, 2.05) is 6.07 Å². The number of halogens is 1. The fourth-order valence-electron chi connectivity index (χ4n) is 1.95. The van der Waals surface area contributed by atoms with Crippen LogP contribution in [-0.4, -0.2) is 24.4 Å². The molecule has 14 heavy (non-hydrogen) atoms. The topological polar surface area (TPSA) is 32.3 Å². The molecule has 1 aliphatic heterocycles. The van der Waals surface area contributed by atoms with Crippen LogP contribution >= 0.6 is 0 Å². The highest BCUT2D eigenvalue weighted by molar-refractivity contribution is 5.30. The first-order valence-electron chi connectivity index (χ1n) is 4.91. The van der Waals surface area contributed by atoms with Crippen LogP contribution in [0.25, 0.3) is 0 Å². The first-order chi connectivity index (χ1) is 6.77. The zero-order valence-corrected chi connectivity index (χ0v) is 7.91. The summed E-state index contributed by atoms with van der Waals surface area (Å²) in [5.41, 5.74) is 0.902. The number of nitrogens with one attached hydrogen (secondary N) is 1. The van der Waals surface area contributed by atoms with E-state index < -0.39 is 6.17 Å². The van der Waals surface area contributed by atoms with Crippen molar-refractivity contribution in [3.8, 4) is 5.75 Å². The quantitative estimate of drug-likeness (QED) is 0.716. The summed E-state index contributed by atoms with van der Waals surface area (Å²) in [7, 11) is 0. The van der Waals surface area contributed by atoms with E-state index in [0.717, 1.165) is 18.5 Å². The molecule has 2 N–H and O–H groups in total. The monoisotopic (exact) mass is 195 g/mol. The van der Waals surface area contributed by atoms with Crippen molar-refractivity contribution in [3.63, 3.8) is 0 Å². The van der Waals surface area contributed by atoms with Crippen LogP contribution < -0.4 is 5.32 Å². The first kappa shape index (κ1) is 9.46. The minimum Gasteiger partial charge on any atom is -0.508 e. The molecule has 1 aromatic carbocycles. The van der Waals surface area contributed by atoms with Crippen LogP contribution in [0.5, 0.6) is 5.75 Å². The molecule has 1 saturated heterocycles. The number of hydrogen-bond donors (Lipinski definition) is 2. The Morgan fingerprint density at radius 1 is 1.43 bits per heavy atom. The molecule has 2 unspecified atom stereocenters. The van der Waals surface area contributed by atoms with Crippen LogP contribution in [-0.2, 0) is 0 Å². The number of phenols is 1. The van der Waals surface area contributed by atoms with Gasteiger partial charge in [0, 0.05) is 12.5 Å². The Morgan fingerprint density at radius 2 is 2.29 bits per heavy atom. The Kier molecular flexibility index (Phi) is 2.68. The first-order valence-corrected chi connectivity index (χ1v) is 4.91. The van der Waals surface area contributed by atoms with Gasteiger partial charge in [0.05, 0.1) is 0 Å². The van der Waals surface area contributed by atoms with Gasteiger partial charge in [-0.2, -0.15) is 0 Å². The molecule has 2 nitrogen and oxygen atoms in total. The summed E-state index contributed by atoms with van der Waals surface area (Å²) in [4.78, 5) is 0. The lowest BCUT2D eigenvalue weighted by molar-refractivity contribution is 0.231. The van der Waals surface area contributed by atoms with Gasteiger partial charge < -0.3 is 10.4 Å². The maximum atomic E-state index is 13.5. The van der Waals surface area contributed by atoms with Crippen molar-refractivity contribution < 1.29 is 9.50 Å². The Morgan fingerprint density at radius 3 is 3.00 bits per heavy atom. The Bertz CT molecular complexity index is 316. The predicted octanol–water partition coefficient (Wildman–Crippen LogP) is 1.81. The molecule has 1 heterocycles. The number of rotatable bonds is 1. The number of phenolic OH excluding ortho intramolecular Hbond substituents is 1. The summed E-state index contributed by atoms with van der Waals surface area (Å²) in [5.74, 6) is 0.150. The van der Waals surface area contributed by atoms with E-state index in [-0.39, 0.29) is 11.7 Å². The zero-order valence-electron chi connectivity index (χ0n) is 7.91. The van der Waals surface area contributed by atoms with E-state index >= 15 is 0 Å². The minimum absolute atomic E-state index is 0.0663. The number of alkyl halides is 1. The average Bonchev–Trinajstić information content (AvgIpc) is 2.18.